The van der Waals surface area contributed by atoms with Crippen molar-refractivity contribution >= 4 is 23.4 Å². The molecule has 0 aliphatic heterocycles. The average molecular weight is 297 g/mol. The maximum atomic E-state index is 11.8. The summed E-state index contributed by atoms with van der Waals surface area (Å²) in [5.41, 5.74) is 7.12. The summed E-state index contributed by atoms with van der Waals surface area (Å²) in [5, 5.41) is 3.17. The summed E-state index contributed by atoms with van der Waals surface area (Å²) in [6.45, 7) is 5.45. The number of rotatable bonds is 3. The zero-order valence-corrected chi connectivity index (χ0v) is 12.9. The van der Waals surface area contributed by atoms with Gasteiger partial charge in [0.05, 0.1) is 10.7 Å². The van der Waals surface area contributed by atoms with Gasteiger partial charge in [-0.05, 0) is 57.7 Å². The van der Waals surface area contributed by atoms with Crippen LogP contribution in [-0.2, 0) is 11.2 Å². The fraction of sp³-hybridized carbons (Fsp3) is 0.533. The number of carbonyl (C=O) groups excluding carboxylic acids is 1. The average Bonchev–Trinajstić information content (AvgIpc) is 2.98. The van der Waals surface area contributed by atoms with Crippen molar-refractivity contribution in [3.05, 3.63) is 28.8 Å². The molecule has 1 fully saturated rings. The highest BCUT2D eigenvalue weighted by molar-refractivity contribution is 6.33. The lowest BCUT2D eigenvalue weighted by atomic mass is 10.0. The van der Waals surface area contributed by atoms with E-state index in [1.807, 2.05) is 32.9 Å². The van der Waals surface area contributed by atoms with Crippen molar-refractivity contribution in [2.45, 2.75) is 51.2 Å². The van der Waals surface area contributed by atoms with Crippen molar-refractivity contribution in [3.8, 4) is 0 Å². The third-order valence-electron chi connectivity index (χ3n) is 3.11. The van der Waals surface area contributed by atoms with Crippen LogP contribution >= 0.6 is 11.6 Å². The SMILES string of the molecule is CC(C)(C)OC(=O)Nc1cc(CC2(N)CC2)ccc1Cl. The van der Waals surface area contributed by atoms with Crippen LogP contribution in [0.1, 0.15) is 39.2 Å². The Kier molecular flexibility index (Phi) is 3.98. The molecule has 3 N–H and O–H groups in total. The number of nitrogens with one attached hydrogen (secondary N) is 1. The molecule has 4 nitrogen and oxygen atoms in total. The summed E-state index contributed by atoms with van der Waals surface area (Å²) in [5.74, 6) is 0. The van der Waals surface area contributed by atoms with Crippen molar-refractivity contribution in [3.63, 3.8) is 0 Å². The molecule has 2 rings (SSSR count). The summed E-state index contributed by atoms with van der Waals surface area (Å²) in [6.07, 6.45) is 2.38. The van der Waals surface area contributed by atoms with E-state index in [1.165, 1.54) is 0 Å². The summed E-state index contributed by atoms with van der Waals surface area (Å²) in [4.78, 5) is 11.8. The van der Waals surface area contributed by atoms with Crippen molar-refractivity contribution in [1.82, 2.24) is 0 Å². The topological polar surface area (TPSA) is 64.3 Å². The molecule has 1 aromatic rings. The van der Waals surface area contributed by atoms with Crippen LogP contribution in [-0.4, -0.2) is 17.2 Å². The number of halogens is 1. The number of nitrogens with two attached hydrogens (primary N) is 1. The molecule has 0 atom stereocenters. The van der Waals surface area contributed by atoms with Crippen LogP contribution in [0.15, 0.2) is 18.2 Å². The molecule has 0 aromatic heterocycles. The van der Waals surface area contributed by atoms with Crippen LogP contribution in [0.3, 0.4) is 0 Å². The number of hydrogen-bond acceptors (Lipinski definition) is 3. The van der Waals surface area contributed by atoms with Gasteiger partial charge in [0.15, 0.2) is 0 Å². The molecule has 0 saturated heterocycles. The van der Waals surface area contributed by atoms with Crippen molar-refractivity contribution < 1.29 is 9.53 Å². The van der Waals surface area contributed by atoms with Gasteiger partial charge in [0, 0.05) is 5.54 Å². The molecule has 20 heavy (non-hydrogen) atoms. The van der Waals surface area contributed by atoms with E-state index in [-0.39, 0.29) is 5.54 Å². The summed E-state index contributed by atoms with van der Waals surface area (Å²) >= 11 is 6.10. The molecule has 0 heterocycles. The predicted octanol–water partition coefficient (Wildman–Crippen LogP) is 3.72. The molecule has 0 radical (unpaired) electrons. The van der Waals surface area contributed by atoms with E-state index in [4.69, 9.17) is 22.1 Å². The van der Waals surface area contributed by atoms with E-state index in [9.17, 15) is 4.79 Å². The number of benzene rings is 1. The molecule has 0 unspecified atom stereocenters. The van der Waals surface area contributed by atoms with Gasteiger partial charge in [0.2, 0.25) is 0 Å². The van der Waals surface area contributed by atoms with Gasteiger partial charge >= 0.3 is 6.09 Å². The summed E-state index contributed by atoms with van der Waals surface area (Å²) in [7, 11) is 0. The Morgan fingerprint density at radius 3 is 2.65 bits per heavy atom. The molecule has 110 valence electrons. The van der Waals surface area contributed by atoms with E-state index in [0.717, 1.165) is 24.8 Å². The molecule has 5 heteroatoms. The zero-order valence-electron chi connectivity index (χ0n) is 12.1. The third kappa shape index (κ3) is 4.39. The standard InChI is InChI=1S/C15H21ClN2O2/c1-14(2,3)20-13(19)18-12-8-10(4-5-11(12)16)9-15(17)6-7-15/h4-5,8H,6-7,9,17H2,1-3H3,(H,18,19). The second-order valence-electron chi connectivity index (χ2n) is 6.48. The quantitative estimate of drug-likeness (QED) is 0.893. The van der Waals surface area contributed by atoms with Gasteiger partial charge in [0.1, 0.15) is 5.60 Å². The maximum absolute atomic E-state index is 11.8. The van der Waals surface area contributed by atoms with Gasteiger partial charge in [-0.3, -0.25) is 5.32 Å². The smallest absolute Gasteiger partial charge is 0.412 e. The minimum absolute atomic E-state index is 0.0724. The predicted molar refractivity (Wildman–Crippen MR) is 81.2 cm³/mol. The number of hydrogen-bond donors (Lipinski definition) is 2. The van der Waals surface area contributed by atoms with Gasteiger partial charge in [-0.1, -0.05) is 17.7 Å². The largest absolute Gasteiger partial charge is 0.444 e. The first-order valence-electron chi connectivity index (χ1n) is 6.74. The fourth-order valence-corrected chi connectivity index (χ4v) is 2.10. The number of amides is 1. The lowest BCUT2D eigenvalue weighted by molar-refractivity contribution is 0.0636. The first kappa shape index (κ1) is 15.1. The monoisotopic (exact) mass is 296 g/mol. The minimum Gasteiger partial charge on any atom is -0.444 e. The Balaban J connectivity index is 2.06. The Morgan fingerprint density at radius 2 is 2.10 bits per heavy atom. The molecule has 1 aliphatic carbocycles. The van der Waals surface area contributed by atoms with E-state index >= 15 is 0 Å². The van der Waals surface area contributed by atoms with E-state index in [1.54, 1.807) is 6.07 Å². The molecule has 0 bridgehead atoms. The Bertz CT molecular complexity index is 519. The lowest BCUT2D eigenvalue weighted by Crippen LogP contribution is -2.27. The molecule has 1 aliphatic rings. The van der Waals surface area contributed by atoms with Crippen molar-refractivity contribution in [2.24, 2.45) is 5.73 Å². The van der Waals surface area contributed by atoms with E-state index in [0.29, 0.717) is 10.7 Å². The molecule has 0 spiro atoms. The minimum atomic E-state index is -0.538. The second kappa shape index (κ2) is 5.26. The third-order valence-corrected chi connectivity index (χ3v) is 3.44. The first-order chi connectivity index (χ1) is 9.17. The molecule has 1 aromatic carbocycles. The maximum Gasteiger partial charge on any atom is 0.412 e. The van der Waals surface area contributed by atoms with Gasteiger partial charge in [-0.15, -0.1) is 0 Å². The molecular weight excluding hydrogens is 276 g/mol. The molecule has 1 amide bonds. The highest BCUT2D eigenvalue weighted by atomic mass is 35.5. The Hall–Kier alpha value is -1.26. The van der Waals surface area contributed by atoms with Crippen LogP contribution in [0.25, 0.3) is 0 Å². The van der Waals surface area contributed by atoms with Gasteiger partial charge in [-0.25, -0.2) is 4.79 Å². The Labute approximate surface area is 124 Å². The van der Waals surface area contributed by atoms with Crippen LogP contribution < -0.4 is 11.1 Å². The molecular formula is C15H21ClN2O2. The highest BCUT2D eigenvalue weighted by Crippen LogP contribution is 2.36. The zero-order chi connectivity index (χ0) is 15.0. The highest BCUT2D eigenvalue weighted by Gasteiger charge is 2.38. The van der Waals surface area contributed by atoms with Crippen molar-refractivity contribution in [1.29, 1.82) is 0 Å². The number of anilines is 1. The van der Waals surface area contributed by atoms with Crippen molar-refractivity contribution in [2.75, 3.05) is 5.32 Å². The van der Waals surface area contributed by atoms with Gasteiger partial charge in [-0.2, -0.15) is 0 Å². The van der Waals surface area contributed by atoms with E-state index < -0.39 is 11.7 Å². The van der Waals surface area contributed by atoms with Gasteiger partial charge in [0.25, 0.3) is 0 Å². The summed E-state index contributed by atoms with van der Waals surface area (Å²) in [6, 6.07) is 5.57. The van der Waals surface area contributed by atoms with Crippen LogP contribution in [0.2, 0.25) is 5.02 Å². The summed E-state index contributed by atoms with van der Waals surface area (Å²) < 4.78 is 5.22. The van der Waals surface area contributed by atoms with E-state index in [2.05, 4.69) is 5.32 Å². The first-order valence-corrected chi connectivity index (χ1v) is 7.12. The molecule has 1 saturated carbocycles. The van der Waals surface area contributed by atoms with Gasteiger partial charge < -0.3 is 10.5 Å². The Morgan fingerprint density at radius 1 is 1.45 bits per heavy atom. The number of carbonyl (C=O) groups is 1. The fourth-order valence-electron chi connectivity index (χ4n) is 1.94. The van der Waals surface area contributed by atoms with Crippen LogP contribution in [0, 0.1) is 0 Å². The van der Waals surface area contributed by atoms with Crippen LogP contribution in [0.5, 0.6) is 0 Å². The number of ether oxygens (including phenoxy) is 1. The lowest BCUT2D eigenvalue weighted by Gasteiger charge is -2.20. The van der Waals surface area contributed by atoms with Crippen LogP contribution in [0.4, 0.5) is 10.5 Å². The second-order valence-corrected chi connectivity index (χ2v) is 6.89. The normalized spacial score (nSPS) is 16.6.